The minimum atomic E-state index is 0.860. The second-order valence-electron chi connectivity index (χ2n) is 3.34. The summed E-state index contributed by atoms with van der Waals surface area (Å²) in [7, 11) is 0. The molecule has 0 saturated heterocycles. The first-order chi connectivity index (χ1) is 7.36. The number of nitrogens with one attached hydrogen (secondary N) is 1. The first kappa shape index (κ1) is 12.5. The Labute approximate surface area is 96.1 Å². The van der Waals surface area contributed by atoms with E-state index >= 15 is 0 Å². The number of hydrogen-bond donors (Lipinski definition) is 1. The molecule has 84 valence electrons. The quantitative estimate of drug-likeness (QED) is 0.722. The van der Waals surface area contributed by atoms with Crippen molar-refractivity contribution in [3.05, 3.63) is 23.8 Å². The lowest BCUT2D eigenvalue weighted by Crippen LogP contribution is -2.12. The molecule has 1 N–H and O–H groups in total. The van der Waals surface area contributed by atoms with Crippen molar-refractivity contribution in [1.29, 1.82) is 0 Å². The summed E-state index contributed by atoms with van der Waals surface area (Å²) in [5.41, 5.74) is 1.15. The number of thioether (sulfide) groups is 1. The summed E-state index contributed by atoms with van der Waals surface area (Å²) in [5.74, 6) is 3.05. The van der Waals surface area contributed by atoms with E-state index in [1.165, 1.54) is 12.2 Å². The summed E-state index contributed by atoms with van der Waals surface area (Å²) in [6, 6.07) is 0. The van der Waals surface area contributed by atoms with E-state index in [-0.39, 0.29) is 0 Å². The smallest absolute Gasteiger partial charge is 0.138 e. The largest absolute Gasteiger partial charge is 0.313 e. The van der Waals surface area contributed by atoms with Gasteiger partial charge in [-0.2, -0.15) is 11.8 Å². The van der Waals surface area contributed by atoms with Crippen LogP contribution in [0.3, 0.4) is 0 Å². The van der Waals surface area contributed by atoms with E-state index in [2.05, 4.69) is 29.1 Å². The van der Waals surface area contributed by atoms with Crippen LogP contribution in [0.25, 0.3) is 0 Å². The van der Waals surface area contributed by atoms with Gasteiger partial charge in [-0.3, -0.25) is 0 Å². The molecule has 0 radical (unpaired) electrons. The van der Waals surface area contributed by atoms with Crippen LogP contribution in [0, 0.1) is 0 Å². The Balaban J connectivity index is 2.35. The number of rotatable bonds is 7. The highest BCUT2D eigenvalue weighted by Crippen LogP contribution is 2.08. The molecule has 15 heavy (non-hydrogen) atoms. The van der Waals surface area contributed by atoms with E-state index < -0.39 is 0 Å². The fourth-order valence-corrected chi connectivity index (χ4v) is 1.89. The molecular formula is C11H19N3S. The predicted octanol–water partition coefficient (Wildman–Crippen LogP) is 2.23. The van der Waals surface area contributed by atoms with Crippen molar-refractivity contribution < 1.29 is 0 Å². The Hall–Kier alpha value is -0.610. The van der Waals surface area contributed by atoms with E-state index in [0.717, 1.165) is 30.2 Å². The standard InChI is InChI=1S/C11H19N3S/c1-3-5-15-9-11-13-7-10(8-14-11)6-12-4-2/h7-8,12H,3-6,9H2,1-2H3. The van der Waals surface area contributed by atoms with Crippen LogP contribution in [0.2, 0.25) is 0 Å². The maximum Gasteiger partial charge on any atom is 0.138 e. The molecular weight excluding hydrogens is 206 g/mol. The van der Waals surface area contributed by atoms with Gasteiger partial charge < -0.3 is 5.32 Å². The molecule has 0 fully saturated rings. The van der Waals surface area contributed by atoms with Crippen molar-refractivity contribution in [2.75, 3.05) is 12.3 Å². The monoisotopic (exact) mass is 225 g/mol. The lowest BCUT2D eigenvalue weighted by atomic mass is 10.3. The molecule has 4 heteroatoms. The Kier molecular flexibility index (Phi) is 6.36. The Morgan fingerprint density at radius 2 is 2.00 bits per heavy atom. The fraction of sp³-hybridized carbons (Fsp3) is 0.636. The molecule has 0 aliphatic rings. The van der Waals surface area contributed by atoms with Crippen molar-refractivity contribution in [3.8, 4) is 0 Å². The maximum atomic E-state index is 4.33. The molecule has 1 aromatic rings. The fourth-order valence-electron chi connectivity index (χ4n) is 1.12. The van der Waals surface area contributed by atoms with Gasteiger partial charge in [0.2, 0.25) is 0 Å². The molecule has 0 atom stereocenters. The molecule has 0 unspecified atom stereocenters. The van der Waals surface area contributed by atoms with Crippen LogP contribution < -0.4 is 5.32 Å². The first-order valence-electron chi connectivity index (χ1n) is 5.45. The summed E-state index contributed by atoms with van der Waals surface area (Å²) in [6.07, 6.45) is 5.04. The van der Waals surface area contributed by atoms with Crippen LogP contribution in [-0.2, 0) is 12.3 Å². The highest BCUT2D eigenvalue weighted by Gasteiger charge is 1.97. The molecule has 0 aromatic carbocycles. The lowest BCUT2D eigenvalue weighted by molar-refractivity contribution is 0.719. The van der Waals surface area contributed by atoms with Gasteiger partial charge in [0, 0.05) is 24.5 Å². The van der Waals surface area contributed by atoms with Gasteiger partial charge >= 0.3 is 0 Å². The Bertz CT molecular complexity index is 261. The van der Waals surface area contributed by atoms with Crippen LogP contribution in [0.15, 0.2) is 12.4 Å². The topological polar surface area (TPSA) is 37.8 Å². The molecule has 0 bridgehead atoms. The first-order valence-corrected chi connectivity index (χ1v) is 6.60. The molecule has 1 rings (SSSR count). The van der Waals surface area contributed by atoms with Crippen LogP contribution in [0.4, 0.5) is 0 Å². The van der Waals surface area contributed by atoms with Crippen molar-refractivity contribution in [1.82, 2.24) is 15.3 Å². The molecule has 1 aromatic heterocycles. The zero-order valence-electron chi connectivity index (χ0n) is 9.49. The average molecular weight is 225 g/mol. The Morgan fingerprint density at radius 1 is 1.27 bits per heavy atom. The minimum absolute atomic E-state index is 0.860. The summed E-state index contributed by atoms with van der Waals surface area (Å²) in [5, 5.41) is 3.25. The molecule has 3 nitrogen and oxygen atoms in total. The van der Waals surface area contributed by atoms with Crippen LogP contribution >= 0.6 is 11.8 Å². The second kappa shape index (κ2) is 7.65. The molecule has 1 heterocycles. The van der Waals surface area contributed by atoms with Crippen LogP contribution in [0.1, 0.15) is 31.7 Å². The normalized spacial score (nSPS) is 10.5. The summed E-state index contributed by atoms with van der Waals surface area (Å²) >= 11 is 1.89. The van der Waals surface area contributed by atoms with Gasteiger partial charge in [0.25, 0.3) is 0 Å². The van der Waals surface area contributed by atoms with Gasteiger partial charge in [0.1, 0.15) is 5.82 Å². The summed E-state index contributed by atoms with van der Waals surface area (Å²) < 4.78 is 0. The van der Waals surface area contributed by atoms with Gasteiger partial charge in [-0.05, 0) is 18.7 Å². The summed E-state index contributed by atoms with van der Waals surface area (Å²) in [4.78, 5) is 8.66. The highest BCUT2D eigenvalue weighted by atomic mass is 32.2. The predicted molar refractivity (Wildman–Crippen MR) is 65.9 cm³/mol. The third-order valence-corrected chi connectivity index (χ3v) is 3.08. The third-order valence-electron chi connectivity index (χ3n) is 1.92. The van der Waals surface area contributed by atoms with Gasteiger partial charge in [-0.1, -0.05) is 13.8 Å². The molecule has 0 spiro atoms. The average Bonchev–Trinajstić information content (AvgIpc) is 2.28. The van der Waals surface area contributed by atoms with Gasteiger partial charge in [0.05, 0.1) is 5.75 Å². The summed E-state index contributed by atoms with van der Waals surface area (Å²) in [6.45, 7) is 6.12. The van der Waals surface area contributed by atoms with Crippen molar-refractivity contribution >= 4 is 11.8 Å². The second-order valence-corrected chi connectivity index (χ2v) is 4.45. The van der Waals surface area contributed by atoms with Gasteiger partial charge in [-0.25, -0.2) is 9.97 Å². The molecule has 0 amide bonds. The number of nitrogens with zero attached hydrogens (tertiary/aromatic N) is 2. The van der Waals surface area contributed by atoms with Crippen LogP contribution in [0.5, 0.6) is 0 Å². The van der Waals surface area contributed by atoms with Crippen molar-refractivity contribution in [2.24, 2.45) is 0 Å². The van der Waals surface area contributed by atoms with E-state index in [1.54, 1.807) is 0 Å². The minimum Gasteiger partial charge on any atom is -0.313 e. The van der Waals surface area contributed by atoms with Gasteiger partial charge in [0.15, 0.2) is 0 Å². The Morgan fingerprint density at radius 3 is 2.60 bits per heavy atom. The zero-order chi connectivity index (χ0) is 10.9. The lowest BCUT2D eigenvalue weighted by Gasteiger charge is -2.02. The van der Waals surface area contributed by atoms with E-state index in [0.29, 0.717) is 0 Å². The SMILES string of the molecule is CCCSCc1ncc(CNCC)cn1. The number of hydrogen-bond acceptors (Lipinski definition) is 4. The highest BCUT2D eigenvalue weighted by molar-refractivity contribution is 7.98. The van der Waals surface area contributed by atoms with E-state index in [9.17, 15) is 0 Å². The maximum absolute atomic E-state index is 4.33. The molecule has 0 aliphatic carbocycles. The van der Waals surface area contributed by atoms with Crippen molar-refractivity contribution in [2.45, 2.75) is 32.6 Å². The van der Waals surface area contributed by atoms with Gasteiger partial charge in [-0.15, -0.1) is 0 Å². The zero-order valence-corrected chi connectivity index (χ0v) is 10.3. The third kappa shape index (κ3) is 5.14. The molecule has 0 aliphatic heterocycles. The number of aromatic nitrogens is 2. The van der Waals surface area contributed by atoms with E-state index in [1.807, 2.05) is 24.2 Å². The van der Waals surface area contributed by atoms with Crippen LogP contribution in [-0.4, -0.2) is 22.3 Å². The van der Waals surface area contributed by atoms with Crippen molar-refractivity contribution in [3.63, 3.8) is 0 Å². The van der Waals surface area contributed by atoms with E-state index in [4.69, 9.17) is 0 Å². The molecule has 0 saturated carbocycles.